The Balaban J connectivity index is 2.07. The Bertz CT molecular complexity index is 946. The summed E-state index contributed by atoms with van der Waals surface area (Å²) in [5, 5.41) is 18.0. The normalized spacial score (nSPS) is 12.0. The van der Waals surface area contributed by atoms with Gasteiger partial charge in [-0.1, -0.05) is 37.0 Å². The van der Waals surface area contributed by atoms with Crippen LogP contribution in [-0.4, -0.2) is 29.0 Å². The zero-order valence-electron chi connectivity index (χ0n) is 15.6. The molecule has 2 amide bonds. The van der Waals surface area contributed by atoms with Crippen LogP contribution in [0.4, 0.5) is 5.69 Å². The van der Waals surface area contributed by atoms with Crippen molar-refractivity contribution in [2.75, 3.05) is 0 Å². The second-order valence-electron chi connectivity index (χ2n) is 6.40. The molecule has 0 bridgehead atoms. The Hall–Kier alpha value is -2.97. The molecule has 0 aromatic heterocycles. The van der Waals surface area contributed by atoms with Crippen molar-refractivity contribution in [3.63, 3.8) is 0 Å². The number of nitro groups is 1. The van der Waals surface area contributed by atoms with E-state index in [-0.39, 0.29) is 22.2 Å². The number of amides is 2. The number of non-ortho nitro benzene ring substituents is 1. The largest absolute Gasteiger partial charge is 0.340 e. The van der Waals surface area contributed by atoms with E-state index in [9.17, 15) is 19.7 Å². The van der Waals surface area contributed by atoms with Crippen LogP contribution < -0.4 is 10.7 Å². The third kappa shape index (κ3) is 6.27. The molecule has 152 valence electrons. The Labute approximate surface area is 177 Å². The van der Waals surface area contributed by atoms with Gasteiger partial charge in [-0.15, -0.1) is 0 Å². The minimum Gasteiger partial charge on any atom is -0.340 e. The lowest BCUT2D eigenvalue weighted by atomic mass is 10.0. The zero-order chi connectivity index (χ0) is 21.6. The number of hydrogen-bond acceptors (Lipinski definition) is 5. The van der Waals surface area contributed by atoms with Crippen LogP contribution in [-0.2, 0) is 4.79 Å². The van der Waals surface area contributed by atoms with Gasteiger partial charge in [-0.25, -0.2) is 5.43 Å². The van der Waals surface area contributed by atoms with E-state index in [1.54, 1.807) is 38.1 Å². The van der Waals surface area contributed by atoms with Crippen molar-refractivity contribution >= 4 is 46.9 Å². The number of hydrazone groups is 1. The summed E-state index contributed by atoms with van der Waals surface area (Å²) in [5.41, 5.74) is 2.80. The van der Waals surface area contributed by atoms with Gasteiger partial charge in [-0.2, -0.15) is 5.10 Å². The van der Waals surface area contributed by atoms with Crippen molar-refractivity contribution in [3.05, 3.63) is 73.8 Å². The fraction of sp³-hybridized carbons (Fsp3) is 0.211. The third-order valence-corrected chi connectivity index (χ3v) is 4.51. The Kier molecular flexibility index (Phi) is 7.69. The average Bonchev–Trinajstić information content (AvgIpc) is 2.67. The highest BCUT2D eigenvalue weighted by molar-refractivity contribution is 6.33. The minimum absolute atomic E-state index is 0.155. The number of nitrogens with zero attached hydrogens (tertiary/aromatic N) is 2. The lowest BCUT2D eigenvalue weighted by Gasteiger charge is -2.20. The first-order chi connectivity index (χ1) is 13.7. The molecule has 0 aliphatic rings. The van der Waals surface area contributed by atoms with Gasteiger partial charge in [-0.05, 0) is 36.2 Å². The van der Waals surface area contributed by atoms with Crippen LogP contribution in [0.3, 0.4) is 0 Å². The van der Waals surface area contributed by atoms with Gasteiger partial charge in [0.2, 0.25) is 0 Å². The molecule has 1 atom stereocenters. The van der Waals surface area contributed by atoms with Gasteiger partial charge in [0, 0.05) is 33.3 Å². The summed E-state index contributed by atoms with van der Waals surface area (Å²) in [6.45, 7) is 3.54. The smallest absolute Gasteiger partial charge is 0.270 e. The molecule has 1 unspecified atom stereocenters. The number of carbonyl (C=O) groups excluding carboxylic acids is 2. The van der Waals surface area contributed by atoms with Crippen molar-refractivity contribution < 1.29 is 14.5 Å². The van der Waals surface area contributed by atoms with Crippen molar-refractivity contribution in [1.82, 2.24) is 10.7 Å². The third-order valence-electron chi connectivity index (χ3n) is 3.91. The molecule has 2 N–H and O–H groups in total. The maximum Gasteiger partial charge on any atom is 0.270 e. The van der Waals surface area contributed by atoms with Gasteiger partial charge < -0.3 is 5.32 Å². The molecule has 0 aliphatic carbocycles. The zero-order valence-corrected chi connectivity index (χ0v) is 17.1. The summed E-state index contributed by atoms with van der Waals surface area (Å²) < 4.78 is 0. The summed E-state index contributed by atoms with van der Waals surface area (Å²) in [7, 11) is 0. The predicted octanol–water partition coefficient (Wildman–Crippen LogP) is 3.81. The van der Waals surface area contributed by atoms with Crippen LogP contribution in [0.25, 0.3) is 0 Å². The quantitative estimate of drug-likeness (QED) is 0.390. The van der Waals surface area contributed by atoms with Gasteiger partial charge in [0.15, 0.2) is 0 Å². The Morgan fingerprint density at radius 2 is 1.79 bits per heavy atom. The molecule has 0 radical (unpaired) electrons. The molecule has 8 nitrogen and oxygen atoms in total. The second kappa shape index (κ2) is 9.99. The standard InChI is InChI=1S/C19H18Cl2N4O4/c1-11(2)17(23-18(26)12-3-5-14(20)6-4-12)19(27)24-22-10-13-9-15(25(28)29)7-8-16(13)21/h3-11,17H,1-2H3,(H,23,26)(H,24,27)/b22-10-. The first kappa shape index (κ1) is 22.3. The molecule has 2 rings (SSSR count). The van der Waals surface area contributed by atoms with Gasteiger partial charge in [0.25, 0.3) is 17.5 Å². The molecule has 2 aromatic rings. The van der Waals surface area contributed by atoms with E-state index in [1.165, 1.54) is 24.4 Å². The van der Waals surface area contributed by atoms with E-state index < -0.39 is 22.8 Å². The molecule has 29 heavy (non-hydrogen) atoms. The summed E-state index contributed by atoms with van der Waals surface area (Å²) in [5.74, 6) is -1.19. The number of carbonyl (C=O) groups is 2. The van der Waals surface area contributed by atoms with E-state index >= 15 is 0 Å². The topological polar surface area (TPSA) is 114 Å². The maximum atomic E-state index is 12.5. The summed E-state index contributed by atoms with van der Waals surface area (Å²) >= 11 is 11.8. The van der Waals surface area contributed by atoms with Crippen LogP contribution in [0.15, 0.2) is 47.6 Å². The summed E-state index contributed by atoms with van der Waals surface area (Å²) in [6.07, 6.45) is 1.20. The van der Waals surface area contributed by atoms with Crippen molar-refractivity contribution in [3.8, 4) is 0 Å². The number of rotatable bonds is 7. The molecule has 0 saturated heterocycles. The van der Waals surface area contributed by atoms with Crippen LogP contribution in [0.2, 0.25) is 10.0 Å². The predicted molar refractivity (Wildman–Crippen MR) is 111 cm³/mol. The molecule has 0 fully saturated rings. The molecular formula is C19H18Cl2N4O4. The number of hydrogen-bond donors (Lipinski definition) is 2. The molecule has 0 aliphatic heterocycles. The highest BCUT2D eigenvalue weighted by atomic mass is 35.5. The van der Waals surface area contributed by atoms with E-state index in [1.807, 2.05) is 0 Å². The lowest BCUT2D eigenvalue weighted by Crippen LogP contribution is -2.48. The highest BCUT2D eigenvalue weighted by Crippen LogP contribution is 2.20. The SMILES string of the molecule is CC(C)C(NC(=O)c1ccc(Cl)cc1)C(=O)N/N=C\c1cc([N+](=O)[O-])ccc1Cl. The second-order valence-corrected chi connectivity index (χ2v) is 7.24. The van der Waals surface area contributed by atoms with E-state index in [0.29, 0.717) is 10.6 Å². The van der Waals surface area contributed by atoms with Crippen LogP contribution >= 0.6 is 23.2 Å². The number of nitro benzene ring substituents is 1. The number of benzene rings is 2. The van der Waals surface area contributed by atoms with Gasteiger partial charge in [0.1, 0.15) is 6.04 Å². The molecule has 0 heterocycles. The van der Waals surface area contributed by atoms with E-state index in [4.69, 9.17) is 23.2 Å². The lowest BCUT2D eigenvalue weighted by molar-refractivity contribution is -0.384. The van der Waals surface area contributed by atoms with Crippen molar-refractivity contribution in [1.29, 1.82) is 0 Å². The van der Waals surface area contributed by atoms with Crippen LogP contribution in [0.5, 0.6) is 0 Å². The van der Waals surface area contributed by atoms with Crippen molar-refractivity contribution in [2.24, 2.45) is 11.0 Å². The minimum atomic E-state index is -0.851. The summed E-state index contributed by atoms with van der Waals surface area (Å²) in [6, 6.07) is 9.27. The molecule has 0 saturated carbocycles. The molecule has 10 heteroatoms. The molecule has 0 spiro atoms. The van der Waals surface area contributed by atoms with Crippen LogP contribution in [0, 0.1) is 16.0 Å². The number of halogens is 2. The monoisotopic (exact) mass is 436 g/mol. The fourth-order valence-corrected chi connectivity index (χ4v) is 2.63. The van der Waals surface area contributed by atoms with Gasteiger partial charge in [0.05, 0.1) is 11.1 Å². The number of nitrogens with one attached hydrogen (secondary N) is 2. The Morgan fingerprint density at radius 1 is 1.14 bits per heavy atom. The molecule has 2 aromatic carbocycles. The van der Waals surface area contributed by atoms with E-state index in [0.717, 1.165) is 0 Å². The van der Waals surface area contributed by atoms with Gasteiger partial charge in [-0.3, -0.25) is 19.7 Å². The summed E-state index contributed by atoms with van der Waals surface area (Å²) in [4.78, 5) is 35.1. The fourth-order valence-electron chi connectivity index (χ4n) is 2.34. The van der Waals surface area contributed by atoms with Crippen molar-refractivity contribution in [2.45, 2.75) is 19.9 Å². The highest BCUT2D eigenvalue weighted by Gasteiger charge is 2.24. The Morgan fingerprint density at radius 3 is 2.38 bits per heavy atom. The molecular weight excluding hydrogens is 419 g/mol. The first-order valence-corrected chi connectivity index (χ1v) is 9.28. The maximum absolute atomic E-state index is 12.5. The first-order valence-electron chi connectivity index (χ1n) is 8.52. The average molecular weight is 437 g/mol. The van der Waals surface area contributed by atoms with E-state index in [2.05, 4.69) is 15.8 Å². The van der Waals surface area contributed by atoms with Crippen LogP contribution in [0.1, 0.15) is 29.8 Å². The van der Waals surface area contributed by atoms with Gasteiger partial charge >= 0.3 is 0 Å².